The molecule has 0 fully saturated rings. The molecule has 102 valence electrons. The zero-order valence-electron chi connectivity index (χ0n) is 11.2. The maximum atomic E-state index is 12.6. The molecule has 0 aliphatic carbocycles. The monoisotopic (exact) mass is 267 g/mol. The van der Waals surface area contributed by atoms with Crippen LogP contribution in [0.3, 0.4) is 0 Å². The van der Waals surface area contributed by atoms with Crippen LogP contribution in [-0.2, 0) is 6.42 Å². The number of aryl methyl sites for hydroxylation is 1. The minimum Gasteiger partial charge on any atom is -0.397 e. The van der Waals surface area contributed by atoms with Crippen molar-refractivity contribution in [3.8, 4) is 0 Å². The Morgan fingerprint density at radius 3 is 2.80 bits per heavy atom. The molecule has 0 saturated carbocycles. The molecule has 1 aliphatic heterocycles. The predicted molar refractivity (Wildman–Crippen MR) is 79.7 cm³/mol. The van der Waals surface area contributed by atoms with E-state index in [1.165, 1.54) is 11.8 Å². The molecule has 2 N–H and O–H groups in total. The van der Waals surface area contributed by atoms with Crippen LogP contribution in [0.25, 0.3) is 0 Å². The number of rotatable bonds is 1. The number of carbonyl (C=O) groups is 1. The van der Waals surface area contributed by atoms with Gasteiger partial charge in [0, 0.05) is 12.2 Å². The van der Waals surface area contributed by atoms with Crippen LogP contribution in [0.15, 0.2) is 42.6 Å². The molecule has 3 rings (SSSR count). The summed E-state index contributed by atoms with van der Waals surface area (Å²) in [5, 5.41) is 0. The quantitative estimate of drug-likeness (QED) is 0.864. The lowest BCUT2D eigenvalue weighted by atomic mass is 10.1. The average molecular weight is 267 g/mol. The highest BCUT2D eigenvalue weighted by Crippen LogP contribution is 2.27. The smallest absolute Gasteiger partial charge is 0.276 e. The van der Waals surface area contributed by atoms with Crippen molar-refractivity contribution < 1.29 is 4.79 Å². The third-order valence-electron chi connectivity index (χ3n) is 3.61. The van der Waals surface area contributed by atoms with Crippen LogP contribution in [0.4, 0.5) is 11.4 Å². The van der Waals surface area contributed by atoms with E-state index in [1.54, 1.807) is 12.1 Å². The third kappa shape index (κ3) is 2.37. The summed E-state index contributed by atoms with van der Waals surface area (Å²) < 4.78 is 0. The molecule has 0 unspecified atom stereocenters. The number of amides is 1. The Hall–Kier alpha value is -2.36. The van der Waals surface area contributed by atoms with Gasteiger partial charge in [-0.2, -0.15) is 0 Å². The maximum Gasteiger partial charge on any atom is 0.276 e. The standard InChI is InChI=1S/C16H17N3O/c17-13-8-9-14(18-11-13)16(20)19-10-4-3-6-12-5-1-2-7-15(12)19/h1-2,5,7-9,11H,3-4,6,10,17H2. The molecule has 0 atom stereocenters. The van der Waals surface area contributed by atoms with Crippen LogP contribution in [0.2, 0.25) is 0 Å². The van der Waals surface area contributed by atoms with Gasteiger partial charge in [-0.1, -0.05) is 18.2 Å². The number of aromatic nitrogens is 1. The van der Waals surface area contributed by atoms with Gasteiger partial charge in [-0.15, -0.1) is 0 Å². The Balaban J connectivity index is 1.97. The summed E-state index contributed by atoms with van der Waals surface area (Å²) in [6, 6.07) is 11.5. The average Bonchev–Trinajstić information content (AvgIpc) is 2.69. The second-order valence-electron chi connectivity index (χ2n) is 5.02. The second-order valence-corrected chi connectivity index (χ2v) is 5.02. The summed E-state index contributed by atoms with van der Waals surface area (Å²) in [5.74, 6) is -0.0562. The van der Waals surface area contributed by atoms with Crippen LogP contribution in [-0.4, -0.2) is 17.4 Å². The number of fused-ring (bicyclic) bond motifs is 1. The summed E-state index contributed by atoms with van der Waals surface area (Å²) >= 11 is 0. The highest BCUT2D eigenvalue weighted by atomic mass is 16.2. The first-order valence-electron chi connectivity index (χ1n) is 6.87. The molecule has 1 aromatic carbocycles. The van der Waals surface area contributed by atoms with Crippen LogP contribution < -0.4 is 10.6 Å². The van der Waals surface area contributed by atoms with Crippen molar-refractivity contribution in [2.45, 2.75) is 19.3 Å². The third-order valence-corrected chi connectivity index (χ3v) is 3.61. The maximum absolute atomic E-state index is 12.6. The minimum atomic E-state index is -0.0562. The van der Waals surface area contributed by atoms with Crippen LogP contribution >= 0.6 is 0 Å². The summed E-state index contributed by atoms with van der Waals surface area (Å²) in [6.07, 6.45) is 4.66. The van der Waals surface area contributed by atoms with Gasteiger partial charge in [0.05, 0.1) is 11.9 Å². The van der Waals surface area contributed by atoms with E-state index in [1.807, 2.05) is 23.1 Å². The Morgan fingerprint density at radius 1 is 1.15 bits per heavy atom. The first-order valence-corrected chi connectivity index (χ1v) is 6.87. The zero-order chi connectivity index (χ0) is 13.9. The molecule has 1 amide bonds. The fourth-order valence-electron chi connectivity index (χ4n) is 2.57. The number of hydrogen-bond acceptors (Lipinski definition) is 3. The van der Waals surface area contributed by atoms with Crippen molar-refractivity contribution in [2.24, 2.45) is 0 Å². The van der Waals surface area contributed by atoms with E-state index in [-0.39, 0.29) is 5.91 Å². The Morgan fingerprint density at radius 2 is 2.00 bits per heavy atom. The molecule has 0 bridgehead atoms. The molecule has 0 spiro atoms. The highest BCUT2D eigenvalue weighted by Gasteiger charge is 2.22. The van der Waals surface area contributed by atoms with Gasteiger partial charge < -0.3 is 10.6 Å². The molecule has 2 heterocycles. The van der Waals surface area contributed by atoms with Crippen LogP contribution in [0.1, 0.15) is 28.9 Å². The van der Waals surface area contributed by atoms with Gasteiger partial charge in [-0.05, 0) is 43.0 Å². The molecular formula is C16H17N3O. The number of anilines is 2. The lowest BCUT2D eigenvalue weighted by Crippen LogP contribution is -2.32. The molecule has 2 aromatic rings. The molecular weight excluding hydrogens is 250 g/mol. The second kappa shape index (κ2) is 5.33. The van der Waals surface area contributed by atoms with E-state index in [4.69, 9.17) is 5.73 Å². The van der Waals surface area contributed by atoms with E-state index in [2.05, 4.69) is 11.1 Å². The Kier molecular flexibility index (Phi) is 3.37. The minimum absolute atomic E-state index is 0.0562. The number of pyridine rings is 1. The molecule has 4 nitrogen and oxygen atoms in total. The summed E-state index contributed by atoms with van der Waals surface area (Å²) in [4.78, 5) is 18.6. The normalized spacial score (nSPS) is 14.5. The van der Waals surface area contributed by atoms with E-state index < -0.39 is 0 Å². The molecule has 4 heteroatoms. The molecule has 1 aromatic heterocycles. The largest absolute Gasteiger partial charge is 0.397 e. The van der Waals surface area contributed by atoms with Crippen molar-refractivity contribution in [3.63, 3.8) is 0 Å². The van der Waals surface area contributed by atoms with E-state index in [9.17, 15) is 4.79 Å². The number of nitrogens with zero attached hydrogens (tertiary/aromatic N) is 2. The first kappa shape index (κ1) is 12.7. The fourth-order valence-corrected chi connectivity index (χ4v) is 2.57. The molecule has 0 radical (unpaired) electrons. The van der Waals surface area contributed by atoms with Crippen molar-refractivity contribution in [1.29, 1.82) is 0 Å². The highest BCUT2D eigenvalue weighted by molar-refractivity contribution is 6.05. The zero-order valence-corrected chi connectivity index (χ0v) is 11.2. The topological polar surface area (TPSA) is 59.2 Å². The number of para-hydroxylation sites is 1. The van der Waals surface area contributed by atoms with Gasteiger partial charge in [-0.25, -0.2) is 4.98 Å². The molecule has 1 aliphatic rings. The summed E-state index contributed by atoms with van der Waals surface area (Å²) in [5.41, 5.74) is 8.87. The van der Waals surface area contributed by atoms with Gasteiger partial charge >= 0.3 is 0 Å². The van der Waals surface area contributed by atoms with Gasteiger partial charge in [0.2, 0.25) is 0 Å². The fraction of sp³-hybridized carbons (Fsp3) is 0.250. The predicted octanol–water partition coefficient (Wildman–Crippen LogP) is 2.65. The van der Waals surface area contributed by atoms with Crippen LogP contribution in [0, 0.1) is 0 Å². The van der Waals surface area contributed by atoms with Crippen molar-refractivity contribution >= 4 is 17.3 Å². The van der Waals surface area contributed by atoms with Gasteiger partial charge in [0.15, 0.2) is 0 Å². The summed E-state index contributed by atoms with van der Waals surface area (Å²) in [7, 11) is 0. The van der Waals surface area contributed by atoms with Crippen LogP contribution in [0.5, 0.6) is 0 Å². The molecule has 0 saturated heterocycles. The van der Waals surface area contributed by atoms with Gasteiger partial charge in [0.25, 0.3) is 5.91 Å². The first-order chi connectivity index (χ1) is 9.75. The van der Waals surface area contributed by atoms with Crippen molar-refractivity contribution in [2.75, 3.05) is 17.2 Å². The van der Waals surface area contributed by atoms with Gasteiger partial charge in [-0.3, -0.25) is 4.79 Å². The number of hydrogen-bond donors (Lipinski definition) is 1. The Bertz CT molecular complexity index is 622. The Labute approximate surface area is 118 Å². The lowest BCUT2D eigenvalue weighted by Gasteiger charge is -2.22. The van der Waals surface area contributed by atoms with Gasteiger partial charge in [0.1, 0.15) is 5.69 Å². The van der Waals surface area contributed by atoms with Crippen molar-refractivity contribution in [3.05, 3.63) is 53.9 Å². The van der Waals surface area contributed by atoms with E-state index >= 15 is 0 Å². The number of benzene rings is 1. The SMILES string of the molecule is Nc1ccc(C(=O)N2CCCCc3ccccc32)nc1. The number of carbonyl (C=O) groups excluding carboxylic acids is 1. The number of nitrogen functional groups attached to an aromatic ring is 1. The van der Waals surface area contributed by atoms with E-state index in [0.717, 1.165) is 31.5 Å². The number of nitrogens with two attached hydrogens (primary N) is 1. The molecule has 20 heavy (non-hydrogen) atoms. The lowest BCUT2D eigenvalue weighted by molar-refractivity contribution is 0.0982. The van der Waals surface area contributed by atoms with E-state index in [0.29, 0.717) is 11.4 Å². The summed E-state index contributed by atoms with van der Waals surface area (Å²) in [6.45, 7) is 0.738. The van der Waals surface area contributed by atoms with Crippen molar-refractivity contribution in [1.82, 2.24) is 4.98 Å².